The van der Waals surface area contributed by atoms with Crippen LogP contribution in [0.3, 0.4) is 0 Å². The summed E-state index contributed by atoms with van der Waals surface area (Å²) in [7, 11) is 0. The number of carboxylic acids is 1. The number of nitrogens with one attached hydrogen (secondary N) is 1. The van der Waals surface area contributed by atoms with Crippen molar-refractivity contribution in [2.75, 3.05) is 5.32 Å². The number of aliphatic carboxylic acids is 1. The van der Waals surface area contributed by atoms with Gasteiger partial charge in [-0.1, -0.05) is 12.1 Å². The molecule has 0 atom stereocenters. The fourth-order valence-electron chi connectivity index (χ4n) is 2.23. The molecule has 0 saturated carbocycles. The molecule has 1 aromatic carbocycles. The molecule has 1 amide bonds. The van der Waals surface area contributed by atoms with Crippen LogP contribution in [0.4, 0.5) is 10.2 Å². The lowest BCUT2D eigenvalue weighted by molar-refractivity contribution is -0.137. The van der Waals surface area contributed by atoms with Gasteiger partial charge in [-0.3, -0.25) is 19.0 Å². The highest BCUT2D eigenvalue weighted by atomic mass is 79.9. The standard InChI is InChI=1S/C16H13BrFN5O3/c17-13-8-23(6-10-1-3-12(18)4-2-10)21-15(13)20-16(26)11-5-19-22(7-11)9-14(24)25/h1-5,7-8H,6,9H2,(H,24,25)(H,20,21,26). The zero-order valence-electron chi connectivity index (χ0n) is 13.3. The van der Waals surface area contributed by atoms with Gasteiger partial charge in [-0.2, -0.15) is 10.2 Å². The molecule has 10 heteroatoms. The second-order valence-electron chi connectivity index (χ2n) is 5.42. The average molecular weight is 422 g/mol. The van der Waals surface area contributed by atoms with E-state index in [9.17, 15) is 14.0 Å². The second-order valence-corrected chi connectivity index (χ2v) is 6.28. The van der Waals surface area contributed by atoms with Gasteiger partial charge < -0.3 is 10.4 Å². The van der Waals surface area contributed by atoms with E-state index >= 15 is 0 Å². The lowest BCUT2D eigenvalue weighted by atomic mass is 10.2. The SMILES string of the molecule is O=C(O)Cn1cc(C(=O)Nc2nn(Cc3ccc(F)cc3)cc2Br)cn1. The molecule has 3 aromatic rings. The van der Waals surface area contributed by atoms with Gasteiger partial charge in [0.25, 0.3) is 5.91 Å². The fraction of sp³-hybridized carbons (Fsp3) is 0.125. The van der Waals surface area contributed by atoms with Crippen molar-refractivity contribution in [2.45, 2.75) is 13.1 Å². The molecule has 2 heterocycles. The first-order valence-electron chi connectivity index (χ1n) is 7.43. The number of hydrogen-bond acceptors (Lipinski definition) is 4. The van der Waals surface area contributed by atoms with Crippen LogP contribution < -0.4 is 5.32 Å². The third-order valence-corrected chi connectivity index (χ3v) is 3.98. The number of benzene rings is 1. The number of carbonyl (C=O) groups is 2. The van der Waals surface area contributed by atoms with Gasteiger partial charge in [0.2, 0.25) is 0 Å². The number of hydrogen-bond donors (Lipinski definition) is 2. The van der Waals surface area contributed by atoms with Crippen LogP contribution in [0.25, 0.3) is 0 Å². The average Bonchev–Trinajstić information content (AvgIpc) is 3.16. The molecule has 0 fully saturated rings. The van der Waals surface area contributed by atoms with Crippen LogP contribution in [0.2, 0.25) is 0 Å². The van der Waals surface area contributed by atoms with Crippen molar-refractivity contribution in [3.8, 4) is 0 Å². The predicted octanol–water partition coefficient (Wildman–Crippen LogP) is 2.37. The summed E-state index contributed by atoms with van der Waals surface area (Å²) >= 11 is 3.32. The van der Waals surface area contributed by atoms with Crippen LogP contribution in [0, 0.1) is 5.82 Å². The first-order chi connectivity index (χ1) is 12.4. The van der Waals surface area contributed by atoms with Crippen molar-refractivity contribution in [3.63, 3.8) is 0 Å². The molecule has 0 unspecified atom stereocenters. The summed E-state index contributed by atoms with van der Waals surface area (Å²) in [5.74, 6) is -1.52. The van der Waals surface area contributed by atoms with E-state index in [2.05, 4.69) is 31.4 Å². The largest absolute Gasteiger partial charge is 0.480 e. The van der Waals surface area contributed by atoms with Crippen molar-refractivity contribution < 1.29 is 19.1 Å². The Balaban J connectivity index is 1.68. The minimum absolute atomic E-state index is 0.214. The van der Waals surface area contributed by atoms with Gasteiger partial charge in [0.05, 0.1) is 22.8 Å². The number of nitrogens with zero attached hydrogens (tertiary/aromatic N) is 4. The number of anilines is 1. The van der Waals surface area contributed by atoms with E-state index in [0.29, 0.717) is 16.8 Å². The Morgan fingerprint density at radius 1 is 1.19 bits per heavy atom. The summed E-state index contributed by atoms with van der Waals surface area (Å²) in [6.45, 7) is 0.0779. The molecule has 0 aliphatic rings. The maximum atomic E-state index is 13.0. The minimum Gasteiger partial charge on any atom is -0.480 e. The minimum atomic E-state index is -1.05. The van der Waals surface area contributed by atoms with Crippen LogP contribution in [0.1, 0.15) is 15.9 Å². The number of carbonyl (C=O) groups excluding carboxylic acids is 1. The molecule has 26 heavy (non-hydrogen) atoms. The maximum absolute atomic E-state index is 13.0. The molecule has 2 N–H and O–H groups in total. The smallest absolute Gasteiger partial charge is 0.325 e. The van der Waals surface area contributed by atoms with Crippen molar-refractivity contribution in [3.05, 3.63) is 64.3 Å². The van der Waals surface area contributed by atoms with Gasteiger partial charge in [0.1, 0.15) is 12.4 Å². The van der Waals surface area contributed by atoms with E-state index in [4.69, 9.17) is 5.11 Å². The van der Waals surface area contributed by atoms with E-state index in [-0.39, 0.29) is 17.9 Å². The van der Waals surface area contributed by atoms with Crippen molar-refractivity contribution in [1.29, 1.82) is 0 Å². The summed E-state index contributed by atoms with van der Waals surface area (Å²) in [6, 6.07) is 6.04. The summed E-state index contributed by atoms with van der Waals surface area (Å²) in [5.41, 5.74) is 1.07. The second kappa shape index (κ2) is 7.48. The molecule has 0 saturated heterocycles. The molecule has 2 aromatic heterocycles. The summed E-state index contributed by atoms with van der Waals surface area (Å²) in [5, 5.41) is 19.4. The van der Waals surface area contributed by atoms with E-state index in [1.54, 1.807) is 23.0 Å². The predicted molar refractivity (Wildman–Crippen MR) is 93.2 cm³/mol. The van der Waals surface area contributed by atoms with Crippen LogP contribution >= 0.6 is 15.9 Å². The van der Waals surface area contributed by atoms with Crippen molar-refractivity contribution in [2.24, 2.45) is 0 Å². The Morgan fingerprint density at radius 3 is 2.62 bits per heavy atom. The van der Waals surface area contributed by atoms with Gasteiger partial charge in [-0.05, 0) is 33.6 Å². The van der Waals surface area contributed by atoms with E-state index in [0.717, 1.165) is 10.2 Å². The van der Waals surface area contributed by atoms with Crippen molar-refractivity contribution in [1.82, 2.24) is 19.6 Å². The first-order valence-corrected chi connectivity index (χ1v) is 8.23. The zero-order valence-corrected chi connectivity index (χ0v) is 14.9. The Morgan fingerprint density at radius 2 is 1.92 bits per heavy atom. The fourth-order valence-corrected chi connectivity index (χ4v) is 2.64. The Labute approximate surface area is 155 Å². The molecule has 3 rings (SSSR count). The normalized spacial score (nSPS) is 10.7. The lowest BCUT2D eigenvalue weighted by Crippen LogP contribution is -2.13. The third-order valence-electron chi connectivity index (χ3n) is 3.40. The van der Waals surface area contributed by atoms with Crippen LogP contribution in [0.15, 0.2) is 47.3 Å². The number of amides is 1. The number of halogens is 2. The molecule has 0 aliphatic heterocycles. The molecule has 0 bridgehead atoms. The first kappa shape index (κ1) is 17.8. The summed E-state index contributed by atoms with van der Waals surface area (Å²) in [4.78, 5) is 22.9. The van der Waals surface area contributed by atoms with Crippen LogP contribution in [0.5, 0.6) is 0 Å². The van der Waals surface area contributed by atoms with Gasteiger partial charge >= 0.3 is 5.97 Å². The van der Waals surface area contributed by atoms with E-state index in [1.165, 1.54) is 24.5 Å². The van der Waals surface area contributed by atoms with E-state index < -0.39 is 11.9 Å². The third kappa shape index (κ3) is 4.33. The Hall–Kier alpha value is -3.01. The molecule has 8 nitrogen and oxygen atoms in total. The van der Waals surface area contributed by atoms with E-state index in [1.807, 2.05) is 0 Å². The van der Waals surface area contributed by atoms with Crippen LogP contribution in [-0.2, 0) is 17.9 Å². The molecule has 134 valence electrons. The Bertz CT molecular complexity index is 951. The molecular weight excluding hydrogens is 409 g/mol. The maximum Gasteiger partial charge on any atom is 0.325 e. The molecular formula is C16H13BrFN5O3. The number of rotatable bonds is 6. The monoisotopic (exact) mass is 421 g/mol. The zero-order chi connectivity index (χ0) is 18.7. The number of aromatic nitrogens is 4. The van der Waals surface area contributed by atoms with Gasteiger partial charge in [-0.25, -0.2) is 4.39 Å². The molecule has 0 spiro atoms. The highest BCUT2D eigenvalue weighted by Gasteiger charge is 2.14. The number of carboxylic acid groups (broad SMARTS) is 1. The quantitative estimate of drug-likeness (QED) is 0.635. The van der Waals surface area contributed by atoms with Gasteiger partial charge in [0.15, 0.2) is 5.82 Å². The van der Waals surface area contributed by atoms with Gasteiger partial charge in [-0.15, -0.1) is 0 Å². The topological polar surface area (TPSA) is 102 Å². The lowest BCUT2D eigenvalue weighted by Gasteiger charge is -2.02. The highest BCUT2D eigenvalue weighted by Crippen LogP contribution is 2.21. The van der Waals surface area contributed by atoms with Crippen LogP contribution in [-0.4, -0.2) is 36.5 Å². The Kier molecular flexibility index (Phi) is 5.12. The molecule has 0 radical (unpaired) electrons. The summed E-state index contributed by atoms with van der Waals surface area (Å²) < 4.78 is 16.3. The summed E-state index contributed by atoms with van der Waals surface area (Å²) in [6.07, 6.45) is 4.31. The molecule has 0 aliphatic carbocycles. The van der Waals surface area contributed by atoms with Gasteiger partial charge in [0, 0.05) is 12.4 Å². The highest BCUT2D eigenvalue weighted by molar-refractivity contribution is 9.10. The van der Waals surface area contributed by atoms with Crippen molar-refractivity contribution >= 4 is 33.6 Å².